The first-order chi connectivity index (χ1) is 15.6. The van der Waals surface area contributed by atoms with Gasteiger partial charge in [-0.25, -0.2) is 4.79 Å². The number of carboxylic acids is 1. The molecule has 4 heterocycles. The van der Waals surface area contributed by atoms with Crippen LogP contribution < -0.4 is 16.0 Å². The largest absolute Gasteiger partial charge is 0.478 e. The van der Waals surface area contributed by atoms with E-state index < -0.39 is 5.97 Å². The molecule has 5 rings (SSSR count). The molecule has 1 amide bonds. The van der Waals surface area contributed by atoms with Crippen LogP contribution in [-0.4, -0.2) is 47.9 Å². The van der Waals surface area contributed by atoms with E-state index >= 15 is 0 Å². The van der Waals surface area contributed by atoms with Crippen LogP contribution in [-0.2, 0) is 11.2 Å². The molecular formula is C23H26N4O4S. The van der Waals surface area contributed by atoms with E-state index in [1.54, 1.807) is 6.20 Å². The average molecular weight is 455 g/mol. The molecule has 0 radical (unpaired) electrons. The summed E-state index contributed by atoms with van der Waals surface area (Å²) >= 11 is 1.45. The van der Waals surface area contributed by atoms with Crippen LogP contribution in [0.4, 0.5) is 5.00 Å². The number of carbonyl (C=O) groups is 2. The number of carbonyl (C=O) groups excluding carboxylic acids is 1. The maximum absolute atomic E-state index is 12.8. The van der Waals surface area contributed by atoms with Gasteiger partial charge in [0.25, 0.3) is 5.91 Å². The summed E-state index contributed by atoms with van der Waals surface area (Å²) < 4.78 is 5.76. The monoisotopic (exact) mass is 454 g/mol. The van der Waals surface area contributed by atoms with Crippen LogP contribution in [0.1, 0.15) is 56.5 Å². The molecule has 8 nitrogen and oxygen atoms in total. The van der Waals surface area contributed by atoms with Crippen molar-refractivity contribution in [2.75, 3.05) is 25.0 Å². The second-order valence-corrected chi connectivity index (χ2v) is 9.22. The van der Waals surface area contributed by atoms with Crippen molar-refractivity contribution in [2.24, 2.45) is 0 Å². The van der Waals surface area contributed by atoms with Crippen molar-refractivity contribution in [1.82, 2.24) is 15.6 Å². The standard InChI is InChI=1S/C23H26N4O4S/c28-21(15-11-25-16-6-2-1-5-13(15)16)26-12-17-20-14(8-9-24-17)19(23(29)30)22(32-20)27-18-7-3-4-10-31-18/h1-2,5-6,11,17-18,24-25,27H,3-4,7-10,12H2,(H,26,28)(H,29,30). The summed E-state index contributed by atoms with van der Waals surface area (Å²) in [7, 11) is 0. The molecule has 2 aromatic heterocycles. The van der Waals surface area contributed by atoms with Gasteiger partial charge in [0, 0.05) is 35.1 Å². The number of thiophene rings is 1. The van der Waals surface area contributed by atoms with Gasteiger partial charge < -0.3 is 30.8 Å². The lowest BCUT2D eigenvalue weighted by Crippen LogP contribution is -2.38. The van der Waals surface area contributed by atoms with Crippen LogP contribution in [0.3, 0.4) is 0 Å². The third kappa shape index (κ3) is 3.99. The number of para-hydroxylation sites is 1. The summed E-state index contributed by atoms with van der Waals surface area (Å²) in [5.41, 5.74) is 2.71. The number of rotatable bonds is 6. The molecule has 0 spiro atoms. The first-order valence-corrected chi connectivity index (χ1v) is 11.8. The number of carboxylic acid groups (broad SMARTS) is 1. The number of aromatic carboxylic acids is 1. The van der Waals surface area contributed by atoms with Crippen LogP contribution in [0.5, 0.6) is 0 Å². The molecule has 9 heteroatoms. The normalized spacial score (nSPS) is 20.6. The lowest BCUT2D eigenvalue weighted by Gasteiger charge is -2.24. The van der Waals surface area contributed by atoms with Gasteiger partial charge in [-0.05, 0) is 43.9 Å². The molecular weight excluding hydrogens is 428 g/mol. The van der Waals surface area contributed by atoms with Gasteiger partial charge in [-0.3, -0.25) is 4.79 Å². The fourth-order valence-corrected chi connectivity index (χ4v) is 5.88. The summed E-state index contributed by atoms with van der Waals surface area (Å²) in [4.78, 5) is 29.0. The van der Waals surface area contributed by atoms with Crippen LogP contribution in [0.15, 0.2) is 30.5 Å². The Hall–Kier alpha value is -2.88. The summed E-state index contributed by atoms with van der Waals surface area (Å²) in [6.07, 6.45) is 5.18. The van der Waals surface area contributed by atoms with E-state index in [-0.39, 0.29) is 18.2 Å². The Balaban J connectivity index is 1.35. The van der Waals surface area contributed by atoms with Crippen molar-refractivity contribution in [3.63, 3.8) is 0 Å². The highest BCUT2D eigenvalue weighted by Gasteiger charge is 2.31. The SMILES string of the molecule is O=C(O)c1c(NC2CCCCO2)sc2c1CCNC2CNC(=O)c1c[nH]c2ccccc12. The molecule has 2 aliphatic rings. The molecule has 5 N–H and O–H groups in total. The van der Waals surface area contributed by atoms with E-state index in [4.69, 9.17) is 4.74 Å². The Labute approximate surface area is 189 Å². The summed E-state index contributed by atoms with van der Waals surface area (Å²) in [5.74, 6) is -1.08. The van der Waals surface area contributed by atoms with E-state index in [0.29, 0.717) is 42.2 Å². The molecule has 2 unspecified atom stereocenters. The first kappa shape index (κ1) is 21.0. The maximum atomic E-state index is 12.8. The number of ether oxygens (including phenoxy) is 1. The molecule has 2 aliphatic heterocycles. The van der Waals surface area contributed by atoms with E-state index in [1.807, 2.05) is 24.3 Å². The fourth-order valence-electron chi connectivity index (χ4n) is 4.52. The maximum Gasteiger partial charge on any atom is 0.338 e. The van der Waals surface area contributed by atoms with Crippen molar-refractivity contribution >= 4 is 39.1 Å². The number of H-pyrrole nitrogens is 1. The number of benzene rings is 1. The fraction of sp³-hybridized carbons (Fsp3) is 0.391. The van der Waals surface area contributed by atoms with Crippen LogP contribution in [0.25, 0.3) is 10.9 Å². The van der Waals surface area contributed by atoms with Crippen LogP contribution in [0.2, 0.25) is 0 Å². The predicted octanol–water partition coefficient (Wildman–Crippen LogP) is 3.48. The molecule has 1 saturated heterocycles. The van der Waals surface area contributed by atoms with Gasteiger partial charge >= 0.3 is 5.97 Å². The van der Waals surface area contributed by atoms with Crippen LogP contribution in [0, 0.1) is 0 Å². The Morgan fingerprint density at radius 2 is 2.12 bits per heavy atom. The second kappa shape index (κ2) is 8.93. The Bertz CT molecular complexity index is 1150. The number of fused-ring (bicyclic) bond motifs is 2. The van der Waals surface area contributed by atoms with E-state index in [1.165, 1.54) is 11.3 Å². The van der Waals surface area contributed by atoms with Gasteiger partial charge in [0.15, 0.2) is 0 Å². The zero-order valence-electron chi connectivity index (χ0n) is 17.6. The topological polar surface area (TPSA) is 115 Å². The van der Waals surface area contributed by atoms with Crippen LogP contribution >= 0.6 is 11.3 Å². The molecule has 0 saturated carbocycles. The Morgan fingerprint density at radius 3 is 2.94 bits per heavy atom. The van der Waals surface area contributed by atoms with Gasteiger partial charge in [-0.1, -0.05) is 18.2 Å². The van der Waals surface area contributed by atoms with Gasteiger partial charge in [0.1, 0.15) is 11.2 Å². The molecule has 168 valence electrons. The van der Waals surface area contributed by atoms with Gasteiger partial charge in [-0.15, -0.1) is 11.3 Å². The molecule has 0 aliphatic carbocycles. The predicted molar refractivity (Wildman–Crippen MR) is 124 cm³/mol. The molecule has 3 aromatic rings. The van der Waals surface area contributed by atoms with E-state index in [9.17, 15) is 14.7 Å². The third-order valence-corrected chi connectivity index (χ3v) is 7.38. The number of anilines is 1. The summed E-state index contributed by atoms with van der Waals surface area (Å²) in [5, 5.41) is 21.2. The average Bonchev–Trinajstić information content (AvgIpc) is 3.40. The summed E-state index contributed by atoms with van der Waals surface area (Å²) in [6.45, 7) is 1.73. The second-order valence-electron chi connectivity index (χ2n) is 8.17. The quantitative estimate of drug-likeness (QED) is 0.390. The molecule has 2 atom stereocenters. The lowest BCUT2D eigenvalue weighted by atomic mass is 9.99. The number of nitrogens with one attached hydrogen (secondary N) is 4. The molecule has 1 aromatic carbocycles. The van der Waals surface area contributed by atoms with Crippen molar-refractivity contribution < 1.29 is 19.4 Å². The molecule has 0 bridgehead atoms. The first-order valence-electron chi connectivity index (χ1n) is 11.0. The van der Waals surface area contributed by atoms with E-state index in [2.05, 4.69) is 20.9 Å². The summed E-state index contributed by atoms with van der Waals surface area (Å²) in [6, 6.07) is 7.55. The lowest BCUT2D eigenvalue weighted by molar-refractivity contribution is 0.0344. The number of amides is 1. The number of hydrogen-bond acceptors (Lipinski definition) is 6. The zero-order chi connectivity index (χ0) is 22.1. The van der Waals surface area contributed by atoms with Crippen molar-refractivity contribution in [2.45, 2.75) is 38.0 Å². The smallest absolute Gasteiger partial charge is 0.338 e. The van der Waals surface area contributed by atoms with Gasteiger partial charge in [-0.2, -0.15) is 0 Å². The number of hydrogen-bond donors (Lipinski definition) is 5. The minimum atomic E-state index is -0.927. The third-order valence-electron chi connectivity index (χ3n) is 6.11. The Kier molecular flexibility index (Phi) is 5.86. The van der Waals surface area contributed by atoms with Crippen molar-refractivity contribution in [3.05, 3.63) is 52.0 Å². The van der Waals surface area contributed by atoms with Gasteiger partial charge in [0.05, 0.1) is 17.2 Å². The highest BCUT2D eigenvalue weighted by atomic mass is 32.1. The number of aromatic nitrogens is 1. The minimum absolute atomic E-state index is 0.140. The molecule has 32 heavy (non-hydrogen) atoms. The highest BCUT2D eigenvalue weighted by Crippen LogP contribution is 2.40. The highest BCUT2D eigenvalue weighted by molar-refractivity contribution is 7.16. The number of aromatic amines is 1. The van der Waals surface area contributed by atoms with Gasteiger partial charge in [0.2, 0.25) is 0 Å². The van der Waals surface area contributed by atoms with Crippen molar-refractivity contribution in [3.8, 4) is 0 Å². The molecule has 1 fully saturated rings. The van der Waals surface area contributed by atoms with E-state index in [0.717, 1.165) is 40.6 Å². The minimum Gasteiger partial charge on any atom is -0.478 e. The Morgan fingerprint density at radius 1 is 1.25 bits per heavy atom. The van der Waals surface area contributed by atoms with Crippen molar-refractivity contribution in [1.29, 1.82) is 0 Å². The zero-order valence-corrected chi connectivity index (χ0v) is 18.4.